The van der Waals surface area contributed by atoms with Crippen LogP contribution in [0.3, 0.4) is 0 Å². The van der Waals surface area contributed by atoms with Gasteiger partial charge >= 0.3 is 6.61 Å². The van der Waals surface area contributed by atoms with E-state index in [0.717, 1.165) is 24.8 Å². The molecule has 0 aromatic heterocycles. The standard InChI is InChI=1S/C15H23F2NO/c1-4-8-12(5-2)18-11(3)13-9-6-7-10-14(13)19-15(16)17/h6-7,9-12,15,18H,4-5,8H2,1-3H3. The van der Waals surface area contributed by atoms with E-state index in [1.807, 2.05) is 19.1 Å². The first-order chi connectivity index (χ1) is 9.08. The molecule has 0 radical (unpaired) electrons. The van der Waals surface area contributed by atoms with E-state index >= 15 is 0 Å². The Morgan fingerprint density at radius 3 is 2.47 bits per heavy atom. The van der Waals surface area contributed by atoms with Gasteiger partial charge in [-0.15, -0.1) is 0 Å². The molecule has 0 heterocycles. The molecule has 0 aliphatic rings. The third-order valence-electron chi connectivity index (χ3n) is 3.22. The monoisotopic (exact) mass is 271 g/mol. The Hall–Kier alpha value is -1.16. The molecule has 4 heteroatoms. The van der Waals surface area contributed by atoms with Crippen LogP contribution in [-0.4, -0.2) is 12.7 Å². The SMILES string of the molecule is CCCC(CC)NC(C)c1ccccc1OC(F)F. The molecular formula is C15H23F2NO. The van der Waals surface area contributed by atoms with Crippen LogP contribution in [0.5, 0.6) is 5.75 Å². The quantitative estimate of drug-likeness (QED) is 0.750. The Balaban J connectivity index is 2.77. The van der Waals surface area contributed by atoms with Gasteiger partial charge in [-0.05, 0) is 25.8 Å². The topological polar surface area (TPSA) is 21.3 Å². The zero-order valence-electron chi connectivity index (χ0n) is 11.8. The fraction of sp³-hybridized carbons (Fsp3) is 0.600. The minimum atomic E-state index is -2.79. The van der Waals surface area contributed by atoms with Gasteiger partial charge in [0.1, 0.15) is 5.75 Å². The van der Waals surface area contributed by atoms with Crippen LogP contribution in [-0.2, 0) is 0 Å². The van der Waals surface area contributed by atoms with Gasteiger partial charge in [0, 0.05) is 17.6 Å². The molecule has 2 unspecified atom stereocenters. The highest BCUT2D eigenvalue weighted by molar-refractivity contribution is 5.35. The second-order valence-electron chi connectivity index (χ2n) is 4.70. The van der Waals surface area contributed by atoms with Crippen molar-refractivity contribution in [2.24, 2.45) is 0 Å². The number of alkyl halides is 2. The first-order valence-corrected chi connectivity index (χ1v) is 6.88. The molecule has 0 aliphatic heterocycles. The lowest BCUT2D eigenvalue weighted by atomic mass is 10.0. The van der Waals surface area contributed by atoms with Crippen LogP contribution < -0.4 is 10.1 Å². The van der Waals surface area contributed by atoms with Crippen LogP contribution in [0.15, 0.2) is 24.3 Å². The summed E-state index contributed by atoms with van der Waals surface area (Å²) in [5, 5.41) is 3.47. The largest absolute Gasteiger partial charge is 0.434 e. The fourth-order valence-corrected chi connectivity index (χ4v) is 2.24. The number of benzene rings is 1. The Morgan fingerprint density at radius 2 is 1.89 bits per heavy atom. The molecule has 2 nitrogen and oxygen atoms in total. The predicted molar refractivity (Wildman–Crippen MR) is 73.6 cm³/mol. The molecule has 0 aliphatic carbocycles. The van der Waals surface area contributed by atoms with Gasteiger partial charge in [0.25, 0.3) is 0 Å². The summed E-state index contributed by atoms with van der Waals surface area (Å²) in [6.45, 7) is 3.46. The maximum absolute atomic E-state index is 12.4. The zero-order chi connectivity index (χ0) is 14.3. The molecule has 1 aromatic carbocycles. The van der Waals surface area contributed by atoms with E-state index in [0.29, 0.717) is 6.04 Å². The molecular weight excluding hydrogens is 248 g/mol. The van der Waals surface area contributed by atoms with E-state index in [9.17, 15) is 8.78 Å². The minimum absolute atomic E-state index is 0.00792. The maximum Gasteiger partial charge on any atom is 0.387 e. The van der Waals surface area contributed by atoms with E-state index in [1.54, 1.807) is 12.1 Å². The molecule has 0 amide bonds. The number of nitrogens with one attached hydrogen (secondary N) is 1. The van der Waals surface area contributed by atoms with E-state index < -0.39 is 6.61 Å². The van der Waals surface area contributed by atoms with Gasteiger partial charge in [-0.3, -0.25) is 0 Å². The Labute approximate surface area is 114 Å². The van der Waals surface area contributed by atoms with Crippen molar-refractivity contribution < 1.29 is 13.5 Å². The normalized spacial score (nSPS) is 14.4. The van der Waals surface area contributed by atoms with Crippen LogP contribution in [0.2, 0.25) is 0 Å². The average Bonchev–Trinajstić information content (AvgIpc) is 2.38. The van der Waals surface area contributed by atoms with Crippen molar-refractivity contribution in [3.63, 3.8) is 0 Å². The van der Waals surface area contributed by atoms with Gasteiger partial charge < -0.3 is 10.1 Å². The molecule has 19 heavy (non-hydrogen) atoms. The third-order valence-corrected chi connectivity index (χ3v) is 3.22. The summed E-state index contributed by atoms with van der Waals surface area (Å²) in [6.07, 6.45) is 3.21. The molecule has 0 saturated carbocycles. The lowest BCUT2D eigenvalue weighted by molar-refractivity contribution is -0.0506. The Morgan fingerprint density at radius 1 is 1.21 bits per heavy atom. The van der Waals surface area contributed by atoms with Gasteiger partial charge in [-0.25, -0.2) is 0 Å². The van der Waals surface area contributed by atoms with Crippen molar-refractivity contribution >= 4 is 0 Å². The molecule has 108 valence electrons. The lowest BCUT2D eigenvalue weighted by Crippen LogP contribution is -2.31. The summed E-state index contributed by atoms with van der Waals surface area (Å²) >= 11 is 0. The first kappa shape index (κ1) is 15.9. The summed E-state index contributed by atoms with van der Waals surface area (Å²) in [5.74, 6) is 0.254. The third kappa shape index (κ3) is 5.15. The van der Waals surface area contributed by atoms with Crippen molar-refractivity contribution in [3.05, 3.63) is 29.8 Å². The molecule has 1 N–H and O–H groups in total. The van der Waals surface area contributed by atoms with Gasteiger partial charge in [-0.1, -0.05) is 38.5 Å². The summed E-state index contributed by atoms with van der Waals surface area (Å²) in [4.78, 5) is 0. The number of para-hydroxylation sites is 1. The van der Waals surface area contributed by atoms with Crippen LogP contribution in [0.4, 0.5) is 8.78 Å². The van der Waals surface area contributed by atoms with Gasteiger partial charge in [-0.2, -0.15) is 8.78 Å². The Bertz CT molecular complexity index is 371. The molecule has 0 bridgehead atoms. The van der Waals surface area contributed by atoms with Crippen LogP contribution in [0.1, 0.15) is 51.6 Å². The second kappa shape index (κ2) is 8.10. The van der Waals surface area contributed by atoms with Crippen LogP contribution in [0.25, 0.3) is 0 Å². The smallest absolute Gasteiger partial charge is 0.387 e. The van der Waals surface area contributed by atoms with Crippen molar-refractivity contribution in [1.82, 2.24) is 5.32 Å². The fourth-order valence-electron chi connectivity index (χ4n) is 2.24. The second-order valence-corrected chi connectivity index (χ2v) is 4.70. The first-order valence-electron chi connectivity index (χ1n) is 6.88. The van der Waals surface area contributed by atoms with Crippen molar-refractivity contribution in [3.8, 4) is 5.75 Å². The summed E-state index contributed by atoms with van der Waals surface area (Å²) in [7, 11) is 0. The van der Waals surface area contributed by atoms with Crippen LogP contribution >= 0.6 is 0 Å². The predicted octanol–water partition coefficient (Wildman–Crippen LogP) is 4.52. The van der Waals surface area contributed by atoms with Crippen LogP contribution in [0, 0.1) is 0 Å². The highest BCUT2D eigenvalue weighted by Crippen LogP contribution is 2.27. The molecule has 1 rings (SSSR count). The average molecular weight is 271 g/mol. The van der Waals surface area contributed by atoms with Gasteiger partial charge in [0.2, 0.25) is 0 Å². The van der Waals surface area contributed by atoms with Gasteiger partial charge in [0.05, 0.1) is 0 Å². The summed E-state index contributed by atoms with van der Waals surface area (Å²) in [5.41, 5.74) is 0.775. The highest BCUT2D eigenvalue weighted by atomic mass is 19.3. The number of ether oxygens (including phenoxy) is 1. The number of hydrogen-bond donors (Lipinski definition) is 1. The summed E-state index contributed by atoms with van der Waals surface area (Å²) < 4.78 is 29.3. The Kier molecular flexibility index (Phi) is 6.78. The highest BCUT2D eigenvalue weighted by Gasteiger charge is 2.16. The lowest BCUT2D eigenvalue weighted by Gasteiger charge is -2.23. The number of rotatable bonds is 8. The molecule has 1 aromatic rings. The maximum atomic E-state index is 12.4. The van der Waals surface area contributed by atoms with E-state index in [2.05, 4.69) is 23.9 Å². The van der Waals surface area contributed by atoms with Gasteiger partial charge in [0.15, 0.2) is 0 Å². The molecule has 0 fully saturated rings. The van der Waals surface area contributed by atoms with E-state index in [-0.39, 0.29) is 11.8 Å². The zero-order valence-corrected chi connectivity index (χ0v) is 11.8. The summed E-state index contributed by atoms with van der Waals surface area (Å²) in [6, 6.07) is 7.35. The molecule has 0 saturated heterocycles. The van der Waals surface area contributed by atoms with Crippen molar-refractivity contribution in [1.29, 1.82) is 0 Å². The molecule has 0 spiro atoms. The van der Waals surface area contributed by atoms with E-state index in [4.69, 9.17) is 0 Å². The van der Waals surface area contributed by atoms with Crippen molar-refractivity contribution in [2.75, 3.05) is 0 Å². The minimum Gasteiger partial charge on any atom is -0.434 e. The molecule has 2 atom stereocenters. The number of halogens is 2. The van der Waals surface area contributed by atoms with E-state index in [1.165, 1.54) is 0 Å². The number of hydrogen-bond acceptors (Lipinski definition) is 2. The van der Waals surface area contributed by atoms with Crippen molar-refractivity contribution in [2.45, 2.75) is 58.7 Å².